The minimum atomic E-state index is -2.96. The number of amides is 1. The van der Waals surface area contributed by atoms with E-state index < -0.39 is 18.6 Å². The number of carbonyl (C=O) groups is 2. The number of hydrogen-bond acceptors (Lipinski definition) is 4. The molecular formula is C14H15F2NO4S. The van der Waals surface area contributed by atoms with Gasteiger partial charge in [0.2, 0.25) is 0 Å². The van der Waals surface area contributed by atoms with Crippen molar-refractivity contribution in [2.45, 2.75) is 19.1 Å². The molecule has 1 unspecified atom stereocenters. The number of carboxylic acids is 1. The molecule has 0 bridgehead atoms. The van der Waals surface area contributed by atoms with Crippen molar-refractivity contribution in [3.8, 4) is 5.75 Å². The van der Waals surface area contributed by atoms with Gasteiger partial charge < -0.3 is 14.7 Å². The summed E-state index contributed by atoms with van der Waals surface area (Å²) in [5, 5.41) is 8.93. The molecule has 1 saturated heterocycles. The van der Waals surface area contributed by atoms with Crippen LogP contribution in [0.15, 0.2) is 24.3 Å². The monoisotopic (exact) mass is 331 g/mol. The van der Waals surface area contributed by atoms with Gasteiger partial charge in [0.15, 0.2) is 0 Å². The van der Waals surface area contributed by atoms with E-state index in [2.05, 4.69) is 4.74 Å². The van der Waals surface area contributed by atoms with Crippen molar-refractivity contribution in [2.75, 3.05) is 18.1 Å². The molecule has 1 atom stereocenters. The maximum absolute atomic E-state index is 12.5. The Morgan fingerprint density at radius 1 is 1.45 bits per heavy atom. The van der Waals surface area contributed by atoms with E-state index in [0.29, 0.717) is 12.3 Å². The van der Waals surface area contributed by atoms with Crippen LogP contribution in [0.2, 0.25) is 0 Å². The van der Waals surface area contributed by atoms with E-state index in [1.165, 1.54) is 29.2 Å². The number of ether oxygens (including phenoxy) is 1. The van der Waals surface area contributed by atoms with Gasteiger partial charge in [-0.25, -0.2) is 0 Å². The van der Waals surface area contributed by atoms with Crippen LogP contribution in [0.3, 0.4) is 0 Å². The van der Waals surface area contributed by atoms with Gasteiger partial charge in [-0.2, -0.15) is 20.5 Å². The van der Waals surface area contributed by atoms with Gasteiger partial charge in [-0.15, -0.1) is 0 Å². The number of rotatable bonds is 5. The molecule has 0 saturated carbocycles. The van der Waals surface area contributed by atoms with Crippen molar-refractivity contribution in [1.29, 1.82) is 0 Å². The highest BCUT2D eigenvalue weighted by Gasteiger charge is 2.29. The maximum atomic E-state index is 12.5. The summed E-state index contributed by atoms with van der Waals surface area (Å²) in [6.07, 6.45) is -0.133. The molecule has 1 fully saturated rings. The Morgan fingerprint density at radius 2 is 2.23 bits per heavy atom. The SMILES string of the molecule is O=C(O)CC1CSCCN1C(=O)c1cccc(OC(F)F)c1. The molecule has 22 heavy (non-hydrogen) atoms. The predicted octanol–water partition coefficient (Wildman–Crippen LogP) is 2.32. The maximum Gasteiger partial charge on any atom is 0.387 e. The number of benzene rings is 1. The van der Waals surface area contributed by atoms with E-state index in [1.807, 2.05) is 0 Å². The van der Waals surface area contributed by atoms with Crippen LogP contribution in [0.5, 0.6) is 5.75 Å². The number of aliphatic carboxylic acids is 1. The van der Waals surface area contributed by atoms with Gasteiger partial charge >= 0.3 is 12.6 Å². The highest BCUT2D eigenvalue weighted by atomic mass is 32.2. The Balaban J connectivity index is 2.16. The molecule has 0 aliphatic carbocycles. The lowest BCUT2D eigenvalue weighted by molar-refractivity contribution is -0.138. The average Bonchev–Trinajstić information content (AvgIpc) is 2.46. The quantitative estimate of drug-likeness (QED) is 0.897. The van der Waals surface area contributed by atoms with Crippen LogP contribution in [0.25, 0.3) is 0 Å². The van der Waals surface area contributed by atoms with Gasteiger partial charge in [0.25, 0.3) is 5.91 Å². The van der Waals surface area contributed by atoms with Gasteiger partial charge in [-0.05, 0) is 18.2 Å². The molecule has 1 aromatic carbocycles. The molecule has 8 heteroatoms. The van der Waals surface area contributed by atoms with Crippen molar-refractivity contribution in [2.24, 2.45) is 0 Å². The Bertz CT molecular complexity index is 555. The standard InChI is InChI=1S/C14H15F2NO4S/c15-14(16)21-11-3-1-2-9(6-11)13(20)17-4-5-22-8-10(17)7-12(18)19/h1-3,6,10,14H,4-5,7-8H2,(H,18,19). The van der Waals surface area contributed by atoms with Crippen LogP contribution in [-0.2, 0) is 4.79 Å². The first kappa shape index (κ1) is 16.5. The molecule has 1 N–H and O–H groups in total. The number of nitrogens with zero attached hydrogens (tertiary/aromatic N) is 1. The normalized spacial score (nSPS) is 18.3. The summed E-state index contributed by atoms with van der Waals surface area (Å²) < 4.78 is 28.7. The van der Waals surface area contributed by atoms with E-state index in [4.69, 9.17) is 5.11 Å². The number of alkyl halides is 2. The van der Waals surface area contributed by atoms with Crippen LogP contribution < -0.4 is 4.74 Å². The van der Waals surface area contributed by atoms with Gasteiger partial charge in [0.05, 0.1) is 12.5 Å². The van der Waals surface area contributed by atoms with Crippen molar-refractivity contribution < 1.29 is 28.2 Å². The third-order valence-electron chi connectivity index (χ3n) is 3.20. The minimum Gasteiger partial charge on any atom is -0.481 e. The average molecular weight is 331 g/mol. The Hall–Kier alpha value is -1.83. The van der Waals surface area contributed by atoms with E-state index >= 15 is 0 Å². The summed E-state index contributed by atoms with van der Waals surface area (Å²) in [6, 6.07) is 5.14. The van der Waals surface area contributed by atoms with Crippen LogP contribution in [0, 0.1) is 0 Å². The fraction of sp³-hybridized carbons (Fsp3) is 0.429. The molecule has 1 heterocycles. The fourth-order valence-corrected chi connectivity index (χ4v) is 3.33. The molecule has 120 valence electrons. The molecule has 1 aliphatic rings. The molecule has 5 nitrogen and oxygen atoms in total. The van der Waals surface area contributed by atoms with E-state index in [-0.39, 0.29) is 23.6 Å². The lowest BCUT2D eigenvalue weighted by Gasteiger charge is -2.34. The second-order valence-corrected chi connectivity index (χ2v) is 5.88. The molecule has 0 radical (unpaired) electrons. The Kier molecular flexibility index (Phi) is 5.59. The number of thioether (sulfide) groups is 1. The first-order chi connectivity index (χ1) is 10.5. The van der Waals surface area contributed by atoms with Crippen molar-refractivity contribution in [3.63, 3.8) is 0 Å². The van der Waals surface area contributed by atoms with Crippen LogP contribution in [0.1, 0.15) is 16.8 Å². The smallest absolute Gasteiger partial charge is 0.387 e. The van der Waals surface area contributed by atoms with Gasteiger partial charge in [-0.3, -0.25) is 9.59 Å². The first-order valence-electron chi connectivity index (χ1n) is 6.62. The number of halogens is 2. The van der Waals surface area contributed by atoms with Crippen molar-refractivity contribution in [3.05, 3.63) is 29.8 Å². The summed E-state index contributed by atoms with van der Waals surface area (Å²) >= 11 is 1.59. The second kappa shape index (κ2) is 7.44. The van der Waals surface area contributed by atoms with Crippen LogP contribution >= 0.6 is 11.8 Å². The number of carbonyl (C=O) groups excluding carboxylic acids is 1. The Morgan fingerprint density at radius 3 is 2.91 bits per heavy atom. The number of hydrogen-bond donors (Lipinski definition) is 1. The summed E-state index contributed by atoms with van der Waals surface area (Å²) in [4.78, 5) is 24.9. The topological polar surface area (TPSA) is 66.8 Å². The Labute approximate surface area is 130 Å². The molecule has 1 amide bonds. The number of carboxylic acid groups (broad SMARTS) is 1. The van der Waals surface area contributed by atoms with Crippen molar-refractivity contribution >= 4 is 23.6 Å². The second-order valence-electron chi connectivity index (χ2n) is 4.73. The van der Waals surface area contributed by atoms with Crippen LogP contribution in [0.4, 0.5) is 8.78 Å². The van der Waals surface area contributed by atoms with E-state index in [1.54, 1.807) is 11.8 Å². The predicted molar refractivity (Wildman–Crippen MR) is 77.5 cm³/mol. The zero-order valence-corrected chi connectivity index (χ0v) is 12.4. The summed E-state index contributed by atoms with van der Waals surface area (Å²) in [7, 11) is 0. The molecule has 0 spiro atoms. The van der Waals surface area contributed by atoms with Gasteiger partial charge in [0, 0.05) is 23.6 Å². The van der Waals surface area contributed by atoms with Gasteiger partial charge in [-0.1, -0.05) is 6.07 Å². The molecule has 1 aromatic rings. The summed E-state index contributed by atoms with van der Waals surface area (Å²) in [6.45, 7) is -2.53. The molecular weight excluding hydrogens is 316 g/mol. The third-order valence-corrected chi connectivity index (χ3v) is 4.30. The zero-order chi connectivity index (χ0) is 16.1. The van der Waals surface area contributed by atoms with Crippen LogP contribution in [-0.4, -0.2) is 52.6 Å². The van der Waals surface area contributed by atoms with E-state index in [9.17, 15) is 18.4 Å². The molecule has 2 rings (SSSR count). The lowest BCUT2D eigenvalue weighted by Crippen LogP contribution is -2.47. The third kappa shape index (κ3) is 4.33. The highest BCUT2D eigenvalue weighted by Crippen LogP contribution is 2.23. The first-order valence-corrected chi connectivity index (χ1v) is 7.78. The molecule has 0 aromatic heterocycles. The largest absolute Gasteiger partial charge is 0.481 e. The molecule has 1 aliphatic heterocycles. The van der Waals surface area contributed by atoms with Crippen molar-refractivity contribution in [1.82, 2.24) is 4.90 Å². The summed E-state index contributed by atoms with van der Waals surface area (Å²) in [5.41, 5.74) is 0.209. The fourth-order valence-electron chi connectivity index (χ4n) is 2.26. The minimum absolute atomic E-state index is 0.0954. The highest BCUT2D eigenvalue weighted by molar-refractivity contribution is 7.99. The zero-order valence-electron chi connectivity index (χ0n) is 11.6. The van der Waals surface area contributed by atoms with Gasteiger partial charge in [0.1, 0.15) is 5.75 Å². The van der Waals surface area contributed by atoms with E-state index in [0.717, 1.165) is 5.75 Å². The summed E-state index contributed by atoms with van der Waals surface area (Å²) in [5.74, 6) is -0.172. The lowest BCUT2D eigenvalue weighted by atomic mass is 10.1.